The van der Waals surface area contributed by atoms with Crippen molar-refractivity contribution in [3.63, 3.8) is 0 Å². The fourth-order valence-electron chi connectivity index (χ4n) is 3.48. The van der Waals surface area contributed by atoms with Crippen LogP contribution in [-0.2, 0) is 0 Å². The fourth-order valence-corrected chi connectivity index (χ4v) is 3.48. The van der Waals surface area contributed by atoms with Gasteiger partial charge in [0.15, 0.2) is 0 Å². The largest absolute Gasteiger partial charge is 0.336 e. The number of nitrogens with zero attached hydrogens (tertiary/aromatic N) is 3. The quantitative estimate of drug-likeness (QED) is 0.935. The summed E-state index contributed by atoms with van der Waals surface area (Å²) in [6.45, 7) is 9.40. The molecule has 1 saturated heterocycles. The number of hydrogen-bond acceptors (Lipinski definition) is 5. The van der Waals surface area contributed by atoms with Crippen molar-refractivity contribution in [2.75, 3.05) is 13.1 Å². The Morgan fingerprint density at radius 2 is 2.25 bits per heavy atom. The van der Waals surface area contributed by atoms with E-state index in [1.165, 1.54) is 0 Å². The Morgan fingerprint density at radius 1 is 1.50 bits per heavy atom. The molecule has 6 nitrogen and oxygen atoms in total. The summed E-state index contributed by atoms with van der Waals surface area (Å²) in [6, 6.07) is 1.98. The van der Waals surface area contributed by atoms with Crippen molar-refractivity contribution in [1.29, 1.82) is 0 Å². The zero-order valence-electron chi connectivity index (χ0n) is 14.9. The molecule has 3 rings (SSSR count). The van der Waals surface area contributed by atoms with Gasteiger partial charge in [0, 0.05) is 24.8 Å². The van der Waals surface area contributed by atoms with Crippen LogP contribution in [0.3, 0.4) is 0 Å². The second kappa shape index (κ2) is 6.51. The van der Waals surface area contributed by atoms with Gasteiger partial charge in [-0.2, -0.15) is 0 Å². The zero-order valence-corrected chi connectivity index (χ0v) is 14.9. The molecule has 1 aliphatic rings. The first-order valence-corrected chi connectivity index (χ1v) is 8.70. The highest BCUT2D eigenvalue weighted by atomic mass is 16.5. The summed E-state index contributed by atoms with van der Waals surface area (Å²) < 4.78 is 5.33. The maximum Gasteiger partial charge on any atom is 0.259 e. The van der Waals surface area contributed by atoms with Gasteiger partial charge < -0.3 is 15.2 Å². The van der Waals surface area contributed by atoms with Gasteiger partial charge in [0.2, 0.25) is 0 Å². The predicted octanol–water partition coefficient (Wildman–Crippen LogP) is 2.85. The summed E-state index contributed by atoms with van der Waals surface area (Å²) in [5.41, 5.74) is 8.56. The summed E-state index contributed by atoms with van der Waals surface area (Å²) in [5.74, 6) is 0.819. The van der Waals surface area contributed by atoms with E-state index in [-0.39, 0.29) is 17.9 Å². The van der Waals surface area contributed by atoms with Crippen molar-refractivity contribution in [1.82, 2.24) is 15.0 Å². The highest BCUT2D eigenvalue weighted by Gasteiger charge is 2.31. The molecule has 130 valence electrons. The standard InChI is InChI=1S/C18H26N4O2/c1-10(2)15-8-14(16-12(4)21-24-17(16)20-15)18(23)22-6-5-11(3)7-13(22)9-19/h8,10-11,13H,5-7,9,19H2,1-4H3. The van der Waals surface area contributed by atoms with Crippen LogP contribution in [0.2, 0.25) is 0 Å². The van der Waals surface area contributed by atoms with E-state index in [9.17, 15) is 4.79 Å². The van der Waals surface area contributed by atoms with Gasteiger partial charge in [-0.3, -0.25) is 4.79 Å². The Kier molecular flexibility index (Phi) is 4.58. The van der Waals surface area contributed by atoms with Crippen molar-refractivity contribution >= 4 is 17.0 Å². The monoisotopic (exact) mass is 330 g/mol. The van der Waals surface area contributed by atoms with Crippen molar-refractivity contribution in [3.8, 4) is 0 Å². The number of pyridine rings is 1. The molecule has 3 heterocycles. The fraction of sp³-hybridized carbons (Fsp3) is 0.611. The lowest BCUT2D eigenvalue weighted by molar-refractivity contribution is 0.0575. The lowest BCUT2D eigenvalue weighted by Gasteiger charge is -2.38. The van der Waals surface area contributed by atoms with Crippen LogP contribution in [0.15, 0.2) is 10.6 Å². The number of rotatable bonds is 3. The molecule has 1 amide bonds. The Balaban J connectivity index is 2.07. The number of fused-ring (bicyclic) bond motifs is 1. The van der Waals surface area contributed by atoms with E-state index < -0.39 is 0 Å². The molecule has 1 aliphatic heterocycles. The Morgan fingerprint density at radius 3 is 2.92 bits per heavy atom. The average Bonchev–Trinajstić information content (AvgIpc) is 2.94. The average molecular weight is 330 g/mol. The Hall–Kier alpha value is -1.95. The molecule has 2 aromatic heterocycles. The van der Waals surface area contributed by atoms with Gasteiger partial charge >= 0.3 is 0 Å². The van der Waals surface area contributed by atoms with E-state index in [1.807, 2.05) is 17.9 Å². The highest BCUT2D eigenvalue weighted by Crippen LogP contribution is 2.29. The lowest BCUT2D eigenvalue weighted by atomic mass is 9.91. The second-order valence-electron chi connectivity index (χ2n) is 7.22. The Labute approximate surface area is 142 Å². The van der Waals surface area contributed by atoms with Crippen LogP contribution in [0.4, 0.5) is 0 Å². The van der Waals surface area contributed by atoms with Gasteiger partial charge in [-0.1, -0.05) is 25.9 Å². The molecule has 2 N–H and O–H groups in total. The maximum atomic E-state index is 13.3. The van der Waals surface area contributed by atoms with E-state index in [4.69, 9.17) is 10.3 Å². The van der Waals surface area contributed by atoms with E-state index >= 15 is 0 Å². The molecule has 0 spiro atoms. The predicted molar refractivity (Wildman–Crippen MR) is 92.9 cm³/mol. The topological polar surface area (TPSA) is 85.2 Å². The van der Waals surface area contributed by atoms with Gasteiger partial charge in [-0.05, 0) is 37.7 Å². The maximum absolute atomic E-state index is 13.3. The SMILES string of the molecule is Cc1noc2nc(C(C)C)cc(C(=O)N3CCC(C)CC3CN)c12. The first-order valence-electron chi connectivity index (χ1n) is 8.70. The van der Waals surface area contributed by atoms with E-state index in [0.29, 0.717) is 29.4 Å². The summed E-state index contributed by atoms with van der Waals surface area (Å²) in [6.07, 6.45) is 1.96. The molecule has 0 saturated carbocycles. The zero-order chi connectivity index (χ0) is 17.4. The van der Waals surface area contributed by atoms with Crippen molar-refractivity contribution in [2.45, 2.75) is 52.5 Å². The number of nitrogens with two attached hydrogens (primary N) is 1. The normalized spacial score (nSPS) is 21.7. The molecule has 0 aromatic carbocycles. The molecular weight excluding hydrogens is 304 g/mol. The van der Waals surface area contributed by atoms with Crippen LogP contribution in [0.1, 0.15) is 61.3 Å². The van der Waals surface area contributed by atoms with Crippen molar-refractivity contribution < 1.29 is 9.32 Å². The molecule has 0 radical (unpaired) electrons. The van der Waals surface area contributed by atoms with Gasteiger partial charge in [0.25, 0.3) is 11.6 Å². The van der Waals surface area contributed by atoms with Crippen LogP contribution in [0, 0.1) is 12.8 Å². The number of carbonyl (C=O) groups is 1. The smallest absolute Gasteiger partial charge is 0.259 e. The third-order valence-corrected chi connectivity index (χ3v) is 4.97. The van der Waals surface area contributed by atoms with Crippen molar-refractivity contribution in [3.05, 3.63) is 23.0 Å². The van der Waals surface area contributed by atoms with Gasteiger partial charge in [-0.15, -0.1) is 0 Å². The van der Waals surface area contributed by atoms with Crippen LogP contribution >= 0.6 is 0 Å². The summed E-state index contributed by atoms with van der Waals surface area (Å²) in [7, 11) is 0. The van der Waals surface area contributed by atoms with Gasteiger partial charge in [-0.25, -0.2) is 4.98 Å². The van der Waals surface area contributed by atoms with Crippen LogP contribution in [0.5, 0.6) is 0 Å². The minimum absolute atomic E-state index is 0.0120. The number of hydrogen-bond donors (Lipinski definition) is 1. The number of aryl methyl sites for hydroxylation is 1. The van der Waals surface area contributed by atoms with E-state index in [2.05, 4.69) is 30.9 Å². The first kappa shape index (κ1) is 16.9. The van der Waals surface area contributed by atoms with Crippen molar-refractivity contribution in [2.24, 2.45) is 11.7 Å². The van der Waals surface area contributed by atoms with Crippen LogP contribution < -0.4 is 5.73 Å². The molecule has 2 atom stereocenters. The van der Waals surface area contributed by atoms with E-state index in [0.717, 1.165) is 30.5 Å². The van der Waals surface area contributed by atoms with E-state index in [1.54, 1.807) is 0 Å². The number of amides is 1. The summed E-state index contributed by atoms with van der Waals surface area (Å²) in [5, 5.41) is 4.72. The molecule has 0 aliphatic carbocycles. The third kappa shape index (κ3) is 2.90. The molecule has 1 fully saturated rings. The number of likely N-dealkylation sites (tertiary alicyclic amines) is 1. The second-order valence-corrected chi connectivity index (χ2v) is 7.22. The molecule has 2 aromatic rings. The molecular formula is C18H26N4O2. The van der Waals surface area contributed by atoms with Gasteiger partial charge in [0.1, 0.15) is 0 Å². The van der Waals surface area contributed by atoms with Crippen LogP contribution in [-0.4, -0.2) is 40.1 Å². The highest BCUT2D eigenvalue weighted by molar-refractivity contribution is 6.06. The Bertz CT molecular complexity index is 753. The molecule has 6 heteroatoms. The van der Waals surface area contributed by atoms with Crippen LogP contribution in [0.25, 0.3) is 11.1 Å². The third-order valence-electron chi connectivity index (χ3n) is 4.97. The minimum Gasteiger partial charge on any atom is -0.336 e. The molecule has 2 unspecified atom stereocenters. The minimum atomic E-state index is 0.0120. The first-order chi connectivity index (χ1) is 11.4. The number of carbonyl (C=O) groups excluding carboxylic acids is 1. The van der Waals surface area contributed by atoms with Gasteiger partial charge in [0.05, 0.1) is 16.6 Å². The number of piperidine rings is 1. The summed E-state index contributed by atoms with van der Waals surface area (Å²) in [4.78, 5) is 19.7. The lowest BCUT2D eigenvalue weighted by Crippen LogP contribution is -2.49. The number of aromatic nitrogens is 2. The summed E-state index contributed by atoms with van der Waals surface area (Å²) >= 11 is 0. The molecule has 0 bridgehead atoms. The molecule has 24 heavy (non-hydrogen) atoms.